The minimum Gasteiger partial charge on any atom is -0.480 e. The first-order valence-corrected chi connectivity index (χ1v) is 12.6. The summed E-state index contributed by atoms with van der Waals surface area (Å²) in [6.07, 6.45) is 17.7. The lowest BCUT2D eigenvalue weighted by Gasteiger charge is -2.15. The molecule has 0 spiro atoms. The van der Waals surface area contributed by atoms with Gasteiger partial charge in [0.15, 0.2) is 0 Å². The molecule has 0 heterocycles. The van der Waals surface area contributed by atoms with Crippen molar-refractivity contribution in [2.75, 3.05) is 24.7 Å². The van der Waals surface area contributed by atoms with Crippen LogP contribution in [-0.2, 0) is 4.79 Å². The van der Waals surface area contributed by atoms with Gasteiger partial charge in [0.05, 0.1) is 12.7 Å². The molecule has 0 aromatic heterocycles. The molecule has 0 aromatic rings. The van der Waals surface area contributed by atoms with E-state index in [1.54, 1.807) is 0 Å². The lowest BCUT2D eigenvalue weighted by molar-refractivity contribution is -0.138. The molecule has 5 nitrogen and oxygen atoms in total. The van der Waals surface area contributed by atoms with Gasteiger partial charge in [-0.15, -0.1) is 0 Å². The van der Waals surface area contributed by atoms with Crippen LogP contribution in [0.2, 0.25) is 0 Å². The zero-order chi connectivity index (χ0) is 20.9. The molecule has 0 aliphatic rings. The molecule has 2 atom stereocenters. The van der Waals surface area contributed by atoms with E-state index in [9.17, 15) is 15.0 Å². The molecular formula is C22H45NO4S. The van der Waals surface area contributed by atoms with Crippen molar-refractivity contribution in [2.45, 2.75) is 109 Å². The summed E-state index contributed by atoms with van der Waals surface area (Å²) < 4.78 is 0. The Kier molecular flexibility index (Phi) is 21.2. The summed E-state index contributed by atoms with van der Waals surface area (Å²) in [6.45, 7) is 2.70. The van der Waals surface area contributed by atoms with Gasteiger partial charge in [-0.25, -0.2) is 0 Å². The average molecular weight is 420 g/mol. The maximum atomic E-state index is 11.2. The lowest BCUT2D eigenvalue weighted by atomic mass is 10.0. The molecule has 4 N–H and O–H groups in total. The molecule has 0 saturated heterocycles. The molecule has 0 bridgehead atoms. The third kappa shape index (κ3) is 19.0. The first kappa shape index (κ1) is 27.7. The van der Waals surface area contributed by atoms with Crippen molar-refractivity contribution in [1.82, 2.24) is 5.32 Å². The maximum absolute atomic E-state index is 11.2. The van der Waals surface area contributed by atoms with Gasteiger partial charge in [0.25, 0.3) is 0 Å². The van der Waals surface area contributed by atoms with Crippen molar-refractivity contribution in [3.8, 4) is 0 Å². The van der Waals surface area contributed by atoms with E-state index in [0.717, 1.165) is 19.4 Å². The third-order valence-electron chi connectivity index (χ3n) is 5.02. The summed E-state index contributed by atoms with van der Waals surface area (Å²) in [5.74, 6) is -0.0809. The van der Waals surface area contributed by atoms with Crippen molar-refractivity contribution < 1.29 is 20.1 Å². The summed E-state index contributed by atoms with van der Waals surface area (Å²) in [6, 6.07) is -0.585. The van der Waals surface area contributed by atoms with Crippen LogP contribution >= 0.6 is 11.8 Å². The normalized spacial score (nSPS) is 13.5. The van der Waals surface area contributed by atoms with E-state index in [4.69, 9.17) is 5.11 Å². The van der Waals surface area contributed by atoms with E-state index < -0.39 is 18.1 Å². The SMILES string of the molecule is CCCCCCCCCCCCCCCCN[C@@H](CSCC(O)CO)C(=O)O. The number of nitrogens with one attached hydrogen (secondary N) is 1. The number of hydrogen-bond donors (Lipinski definition) is 4. The van der Waals surface area contributed by atoms with Gasteiger partial charge in [0.2, 0.25) is 0 Å². The molecule has 1 unspecified atom stereocenters. The van der Waals surface area contributed by atoms with Crippen molar-refractivity contribution >= 4 is 17.7 Å². The quantitative estimate of drug-likeness (QED) is 0.192. The number of unbranched alkanes of at least 4 members (excludes halogenated alkanes) is 13. The highest BCUT2D eigenvalue weighted by molar-refractivity contribution is 7.99. The maximum Gasteiger partial charge on any atom is 0.321 e. The minimum atomic E-state index is -0.851. The number of carbonyl (C=O) groups is 1. The zero-order valence-electron chi connectivity index (χ0n) is 18.0. The molecule has 0 fully saturated rings. The monoisotopic (exact) mass is 419 g/mol. The van der Waals surface area contributed by atoms with Crippen molar-refractivity contribution in [2.24, 2.45) is 0 Å². The molecule has 0 rings (SSSR count). The number of rotatable bonds is 22. The lowest BCUT2D eigenvalue weighted by Crippen LogP contribution is -2.39. The number of aliphatic carboxylic acids is 1. The number of carboxylic acid groups (broad SMARTS) is 1. The Balaban J connectivity index is 3.39. The van der Waals surface area contributed by atoms with Crippen LogP contribution in [0.1, 0.15) is 96.8 Å². The van der Waals surface area contributed by atoms with Gasteiger partial charge in [-0.2, -0.15) is 11.8 Å². The number of aliphatic hydroxyl groups is 2. The van der Waals surface area contributed by atoms with Crippen molar-refractivity contribution in [3.63, 3.8) is 0 Å². The van der Waals surface area contributed by atoms with Crippen LogP contribution in [-0.4, -0.2) is 58.1 Å². The first-order valence-electron chi connectivity index (χ1n) is 11.4. The second-order valence-corrected chi connectivity index (χ2v) is 8.89. The third-order valence-corrected chi connectivity index (χ3v) is 6.21. The average Bonchev–Trinajstić information content (AvgIpc) is 2.69. The van der Waals surface area contributed by atoms with Crippen LogP contribution in [0.15, 0.2) is 0 Å². The van der Waals surface area contributed by atoms with Gasteiger partial charge in [0, 0.05) is 11.5 Å². The molecule has 0 aliphatic carbocycles. The van der Waals surface area contributed by atoms with Crippen LogP contribution < -0.4 is 5.32 Å². The van der Waals surface area contributed by atoms with Crippen LogP contribution in [0.5, 0.6) is 0 Å². The fourth-order valence-electron chi connectivity index (χ4n) is 3.19. The fourth-order valence-corrected chi connectivity index (χ4v) is 4.20. The molecule has 28 heavy (non-hydrogen) atoms. The van der Waals surface area contributed by atoms with Gasteiger partial charge < -0.3 is 20.6 Å². The van der Waals surface area contributed by atoms with E-state index in [1.807, 2.05) is 0 Å². The number of aliphatic hydroxyl groups excluding tert-OH is 2. The first-order chi connectivity index (χ1) is 13.6. The van der Waals surface area contributed by atoms with Gasteiger partial charge in [-0.3, -0.25) is 4.79 Å². The molecule has 0 radical (unpaired) electrons. The summed E-state index contributed by atoms with van der Waals surface area (Å²) in [5, 5.41) is 30.4. The van der Waals surface area contributed by atoms with E-state index >= 15 is 0 Å². The van der Waals surface area contributed by atoms with Crippen LogP contribution in [0, 0.1) is 0 Å². The number of hydrogen-bond acceptors (Lipinski definition) is 5. The molecule has 0 amide bonds. The Hall–Kier alpha value is -0.300. The number of carboxylic acids is 1. The Bertz CT molecular complexity index is 344. The molecule has 0 aromatic carbocycles. The standard InChI is InChI=1S/C22H45NO4S/c1-2-3-4-5-6-7-8-9-10-11-12-13-14-15-16-23-21(22(26)27)19-28-18-20(25)17-24/h20-21,23-25H,2-19H2,1H3,(H,26,27)/t20?,21-/m0/s1. The Morgan fingerprint density at radius 3 is 1.71 bits per heavy atom. The summed E-state index contributed by atoms with van der Waals surface area (Å²) in [4.78, 5) is 11.2. The van der Waals surface area contributed by atoms with Gasteiger partial charge in [0.1, 0.15) is 6.04 Å². The van der Waals surface area contributed by atoms with E-state index in [-0.39, 0.29) is 6.61 Å². The predicted octanol–water partition coefficient (Wildman–Crippen LogP) is 4.60. The largest absolute Gasteiger partial charge is 0.480 e. The van der Waals surface area contributed by atoms with Crippen molar-refractivity contribution in [1.29, 1.82) is 0 Å². The number of thioether (sulfide) groups is 1. The smallest absolute Gasteiger partial charge is 0.321 e. The van der Waals surface area contributed by atoms with Crippen LogP contribution in [0.4, 0.5) is 0 Å². The van der Waals surface area contributed by atoms with E-state index in [2.05, 4.69) is 12.2 Å². The highest BCUT2D eigenvalue weighted by Gasteiger charge is 2.16. The summed E-state index contributed by atoms with van der Waals surface area (Å²) >= 11 is 1.36. The highest BCUT2D eigenvalue weighted by atomic mass is 32.2. The highest BCUT2D eigenvalue weighted by Crippen LogP contribution is 2.13. The van der Waals surface area contributed by atoms with E-state index in [0.29, 0.717) is 11.5 Å². The zero-order valence-corrected chi connectivity index (χ0v) is 18.9. The second kappa shape index (κ2) is 21.4. The molecule has 6 heteroatoms. The Morgan fingerprint density at radius 2 is 1.29 bits per heavy atom. The molecular weight excluding hydrogens is 374 g/mol. The van der Waals surface area contributed by atoms with Gasteiger partial charge in [-0.05, 0) is 13.0 Å². The Morgan fingerprint density at radius 1 is 0.821 bits per heavy atom. The van der Waals surface area contributed by atoms with Crippen LogP contribution in [0.25, 0.3) is 0 Å². The summed E-state index contributed by atoms with van der Waals surface area (Å²) in [7, 11) is 0. The van der Waals surface area contributed by atoms with Gasteiger partial charge in [-0.1, -0.05) is 90.4 Å². The summed E-state index contributed by atoms with van der Waals surface area (Å²) in [5.41, 5.74) is 0. The Labute approximate surface area is 177 Å². The fraction of sp³-hybridized carbons (Fsp3) is 0.955. The van der Waals surface area contributed by atoms with Crippen LogP contribution in [0.3, 0.4) is 0 Å². The molecule has 0 saturated carbocycles. The topological polar surface area (TPSA) is 89.8 Å². The molecule has 0 aliphatic heterocycles. The second-order valence-electron chi connectivity index (χ2n) is 7.81. The minimum absolute atomic E-state index is 0.281. The molecule has 168 valence electrons. The van der Waals surface area contributed by atoms with Gasteiger partial charge >= 0.3 is 5.97 Å². The predicted molar refractivity (Wildman–Crippen MR) is 120 cm³/mol. The van der Waals surface area contributed by atoms with Crippen molar-refractivity contribution in [3.05, 3.63) is 0 Å². The van der Waals surface area contributed by atoms with E-state index in [1.165, 1.54) is 88.8 Å².